The molecule has 0 saturated heterocycles. The molecule has 2 rings (SSSR count). The van der Waals surface area contributed by atoms with Gasteiger partial charge in [-0.3, -0.25) is 4.79 Å². The highest BCUT2D eigenvalue weighted by Crippen LogP contribution is 2.37. The molecule has 0 aliphatic heterocycles. The average Bonchev–Trinajstić information content (AvgIpc) is 2.77. The van der Waals surface area contributed by atoms with E-state index in [0.717, 1.165) is 4.68 Å². The molecule has 0 aliphatic rings. The molecule has 0 amide bonds. The highest BCUT2D eigenvalue weighted by atomic mass is 32.2. The number of halogens is 3. The highest BCUT2D eigenvalue weighted by molar-refractivity contribution is 8.00. The van der Waals surface area contributed by atoms with E-state index in [-0.39, 0.29) is 0 Å². The van der Waals surface area contributed by atoms with Crippen molar-refractivity contribution in [3.63, 3.8) is 0 Å². The van der Waals surface area contributed by atoms with Crippen LogP contribution in [0.5, 0.6) is 0 Å². The number of thioether (sulfide) groups is 1. The number of alkyl halides is 3. The summed E-state index contributed by atoms with van der Waals surface area (Å²) in [5.41, 5.74) is 1.14. The summed E-state index contributed by atoms with van der Waals surface area (Å²) in [6, 6.07) is 9.91. The quantitative estimate of drug-likeness (QED) is 0.787. The Kier molecular flexibility index (Phi) is 4.95. The molecule has 0 fully saturated rings. The molecule has 118 valence electrons. The van der Waals surface area contributed by atoms with Crippen LogP contribution < -0.4 is 0 Å². The Hall–Kier alpha value is -1.76. The molecule has 1 heterocycles. The molecule has 1 atom stereocenters. The van der Waals surface area contributed by atoms with E-state index in [9.17, 15) is 18.0 Å². The van der Waals surface area contributed by atoms with E-state index in [1.165, 1.54) is 0 Å². The lowest BCUT2D eigenvalue weighted by Gasteiger charge is -2.19. The molecule has 0 saturated carbocycles. The second-order valence-electron chi connectivity index (χ2n) is 4.90. The van der Waals surface area contributed by atoms with Gasteiger partial charge in [-0.2, -0.15) is 18.3 Å². The number of benzene rings is 1. The van der Waals surface area contributed by atoms with Crippen molar-refractivity contribution >= 4 is 17.7 Å². The number of rotatable bonds is 4. The molecule has 0 N–H and O–H groups in total. The standard InChI is InChI=1S/C15H15F3N2OS/c1-10-8-11(2)20(19-10)14(21)9-13(15(16,17)18)22-12-6-4-3-5-7-12/h3-8,13H,9H2,1-2H3/t13-/m0/s1. The van der Waals surface area contributed by atoms with E-state index in [0.29, 0.717) is 28.0 Å². The van der Waals surface area contributed by atoms with Crippen LogP contribution in [-0.2, 0) is 0 Å². The van der Waals surface area contributed by atoms with Crippen LogP contribution in [0, 0.1) is 13.8 Å². The van der Waals surface area contributed by atoms with Crippen LogP contribution in [0.25, 0.3) is 0 Å². The van der Waals surface area contributed by atoms with Crippen LogP contribution in [0.4, 0.5) is 13.2 Å². The van der Waals surface area contributed by atoms with Crippen LogP contribution in [0.3, 0.4) is 0 Å². The molecule has 1 aromatic heterocycles. The summed E-state index contributed by atoms with van der Waals surface area (Å²) in [5.74, 6) is -0.656. The number of aromatic nitrogens is 2. The number of carbonyl (C=O) groups excluding carboxylic acids is 1. The summed E-state index contributed by atoms with van der Waals surface area (Å²) in [6.07, 6.45) is -5.11. The lowest BCUT2D eigenvalue weighted by molar-refractivity contribution is -0.128. The van der Waals surface area contributed by atoms with E-state index in [2.05, 4.69) is 5.10 Å². The number of hydrogen-bond donors (Lipinski definition) is 0. The van der Waals surface area contributed by atoms with Crippen molar-refractivity contribution < 1.29 is 18.0 Å². The number of aryl methyl sites for hydroxylation is 2. The van der Waals surface area contributed by atoms with Gasteiger partial charge in [-0.05, 0) is 32.0 Å². The molecule has 3 nitrogen and oxygen atoms in total. The van der Waals surface area contributed by atoms with Crippen LogP contribution in [-0.4, -0.2) is 27.1 Å². The van der Waals surface area contributed by atoms with Crippen molar-refractivity contribution in [2.45, 2.75) is 36.6 Å². The van der Waals surface area contributed by atoms with Crippen molar-refractivity contribution in [1.82, 2.24) is 9.78 Å². The molecule has 1 aromatic carbocycles. The normalized spacial score (nSPS) is 13.1. The van der Waals surface area contributed by atoms with E-state index in [1.807, 2.05) is 0 Å². The lowest BCUT2D eigenvalue weighted by Crippen LogP contribution is -2.30. The number of hydrogen-bond acceptors (Lipinski definition) is 3. The first-order valence-corrected chi connectivity index (χ1v) is 7.50. The predicted molar refractivity (Wildman–Crippen MR) is 79.1 cm³/mol. The molecular weight excluding hydrogens is 313 g/mol. The Bertz CT molecular complexity index is 653. The van der Waals surface area contributed by atoms with Gasteiger partial charge in [-0.1, -0.05) is 18.2 Å². The summed E-state index contributed by atoms with van der Waals surface area (Å²) in [5, 5.41) is 2.14. The molecule has 0 aliphatic carbocycles. The second-order valence-corrected chi connectivity index (χ2v) is 6.17. The van der Waals surface area contributed by atoms with Gasteiger partial charge in [-0.15, -0.1) is 11.8 Å². The first-order chi connectivity index (χ1) is 10.3. The van der Waals surface area contributed by atoms with Crippen LogP contribution >= 0.6 is 11.8 Å². The highest BCUT2D eigenvalue weighted by Gasteiger charge is 2.42. The fourth-order valence-electron chi connectivity index (χ4n) is 2.01. The van der Waals surface area contributed by atoms with E-state index in [4.69, 9.17) is 0 Å². The van der Waals surface area contributed by atoms with Crippen LogP contribution in [0.2, 0.25) is 0 Å². The molecule has 7 heteroatoms. The molecular formula is C15H15F3N2OS. The Labute approximate surface area is 130 Å². The molecule has 0 unspecified atom stereocenters. The largest absolute Gasteiger partial charge is 0.401 e. The van der Waals surface area contributed by atoms with Gasteiger partial charge in [-0.25, -0.2) is 4.68 Å². The number of carbonyl (C=O) groups is 1. The van der Waals surface area contributed by atoms with Gasteiger partial charge in [0.1, 0.15) is 5.25 Å². The maximum absolute atomic E-state index is 13.2. The monoisotopic (exact) mass is 328 g/mol. The molecule has 0 radical (unpaired) electrons. The maximum Gasteiger partial charge on any atom is 0.401 e. The molecule has 2 aromatic rings. The lowest BCUT2D eigenvalue weighted by atomic mass is 10.3. The first-order valence-electron chi connectivity index (χ1n) is 6.62. The van der Waals surface area contributed by atoms with Crippen molar-refractivity contribution in [1.29, 1.82) is 0 Å². The second kappa shape index (κ2) is 6.56. The van der Waals surface area contributed by atoms with Crippen molar-refractivity contribution in [2.75, 3.05) is 0 Å². The van der Waals surface area contributed by atoms with Gasteiger partial charge in [0.25, 0.3) is 0 Å². The minimum Gasteiger partial charge on any atom is -0.273 e. The first kappa shape index (κ1) is 16.6. The minimum absolute atomic E-state index is 0.478. The van der Waals surface area contributed by atoms with Gasteiger partial charge >= 0.3 is 6.18 Å². The van der Waals surface area contributed by atoms with Crippen LogP contribution in [0.1, 0.15) is 22.6 Å². The summed E-state index contributed by atoms with van der Waals surface area (Å²) < 4.78 is 40.6. The Morgan fingerprint density at radius 3 is 2.41 bits per heavy atom. The summed E-state index contributed by atoms with van der Waals surface area (Å²) >= 11 is 0.644. The van der Waals surface area contributed by atoms with Gasteiger partial charge in [0.2, 0.25) is 5.91 Å². The summed E-state index contributed by atoms with van der Waals surface area (Å²) in [4.78, 5) is 12.6. The fourth-order valence-corrected chi connectivity index (χ4v) is 3.02. The topological polar surface area (TPSA) is 34.9 Å². The number of nitrogens with zero attached hydrogens (tertiary/aromatic N) is 2. The van der Waals surface area contributed by atoms with E-state index < -0.39 is 23.8 Å². The molecule has 0 spiro atoms. The van der Waals surface area contributed by atoms with E-state index >= 15 is 0 Å². The summed E-state index contributed by atoms with van der Waals surface area (Å²) in [7, 11) is 0. The summed E-state index contributed by atoms with van der Waals surface area (Å²) in [6.45, 7) is 3.33. The SMILES string of the molecule is Cc1cc(C)n(C(=O)C[C@H](Sc2ccccc2)C(F)(F)F)n1. The van der Waals surface area contributed by atoms with Gasteiger partial charge in [0.05, 0.1) is 5.69 Å². The zero-order valence-electron chi connectivity index (χ0n) is 12.1. The van der Waals surface area contributed by atoms with E-state index in [1.54, 1.807) is 50.2 Å². The van der Waals surface area contributed by atoms with Crippen molar-refractivity contribution in [3.05, 3.63) is 47.8 Å². The fraction of sp³-hybridized carbons (Fsp3) is 0.333. The van der Waals surface area contributed by atoms with Gasteiger partial charge in [0, 0.05) is 17.0 Å². The maximum atomic E-state index is 13.2. The zero-order chi connectivity index (χ0) is 16.3. The third kappa shape index (κ3) is 4.13. The van der Waals surface area contributed by atoms with Gasteiger partial charge in [0.15, 0.2) is 0 Å². The average molecular weight is 328 g/mol. The van der Waals surface area contributed by atoms with Gasteiger partial charge < -0.3 is 0 Å². The Morgan fingerprint density at radius 1 is 1.27 bits per heavy atom. The molecule has 0 bridgehead atoms. The smallest absolute Gasteiger partial charge is 0.273 e. The third-order valence-electron chi connectivity index (χ3n) is 2.99. The molecule has 22 heavy (non-hydrogen) atoms. The van der Waals surface area contributed by atoms with Crippen LogP contribution in [0.15, 0.2) is 41.3 Å². The van der Waals surface area contributed by atoms with Crippen molar-refractivity contribution in [2.24, 2.45) is 0 Å². The zero-order valence-corrected chi connectivity index (χ0v) is 12.9. The predicted octanol–water partition coefficient (Wildman–Crippen LogP) is 4.25. The minimum atomic E-state index is -4.47. The van der Waals surface area contributed by atoms with Crippen molar-refractivity contribution in [3.8, 4) is 0 Å². The third-order valence-corrected chi connectivity index (χ3v) is 4.26. The Balaban J connectivity index is 2.17. The Morgan fingerprint density at radius 2 is 1.91 bits per heavy atom.